The molecule has 1 aromatic carbocycles. The Bertz CT molecular complexity index is 560. The van der Waals surface area contributed by atoms with Crippen LogP contribution in [0.4, 0.5) is 5.69 Å². The molecule has 2 amide bonds. The molecule has 6 nitrogen and oxygen atoms in total. The van der Waals surface area contributed by atoms with Gasteiger partial charge in [0.1, 0.15) is 5.75 Å². The molecule has 1 heterocycles. The van der Waals surface area contributed by atoms with E-state index in [1.807, 2.05) is 36.1 Å². The van der Waals surface area contributed by atoms with E-state index >= 15 is 0 Å². The first-order chi connectivity index (χ1) is 11.0. The van der Waals surface area contributed by atoms with Crippen LogP contribution in [0.2, 0.25) is 0 Å². The van der Waals surface area contributed by atoms with Crippen molar-refractivity contribution in [3.8, 4) is 5.75 Å². The summed E-state index contributed by atoms with van der Waals surface area (Å²) in [6.45, 7) is 3.42. The van der Waals surface area contributed by atoms with Gasteiger partial charge in [-0.05, 0) is 38.4 Å². The standard InChI is InChI=1S/C17H25N3O3/c1-4-23-15-10-6-5-8-13(15)18-16(21)12-20-11-7-9-14(20)17(22)19(2)3/h5-6,8,10,14H,4,7,9,11-12H2,1-3H3,(H,18,21). The lowest BCUT2D eigenvalue weighted by molar-refractivity contribution is -0.133. The van der Waals surface area contributed by atoms with Crippen molar-refractivity contribution in [1.29, 1.82) is 0 Å². The summed E-state index contributed by atoms with van der Waals surface area (Å²) in [5.41, 5.74) is 0.661. The highest BCUT2D eigenvalue weighted by Gasteiger charge is 2.32. The van der Waals surface area contributed by atoms with Crippen LogP contribution in [0.25, 0.3) is 0 Å². The predicted octanol–water partition coefficient (Wildman–Crippen LogP) is 1.58. The van der Waals surface area contributed by atoms with Crippen LogP contribution in [0.3, 0.4) is 0 Å². The van der Waals surface area contributed by atoms with Gasteiger partial charge in [0, 0.05) is 14.1 Å². The van der Waals surface area contributed by atoms with Crippen LogP contribution < -0.4 is 10.1 Å². The molecule has 0 radical (unpaired) electrons. The minimum Gasteiger partial charge on any atom is -0.492 e. The highest BCUT2D eigenvalue weighted by Crippen LogP contribution is 2.24. The van der Waals surface area contributed by atoms with Crippen LogP contribution in [-0.2, 0) is 9.59 Å². The van der Waals surface area contributed by atoms with E-state index in [0.717, 1.165) is 19.4 Å². The largest absolute Gasteiger partial charge is 0.492 e. The lowest BCUT2D eigenvalue weighted by atomic mass is 10.2. The third-order valence-electron chi connectivity index (χ3n) is 3.90. The Hall–Kier alpha value is -2.08. The zero-order chi connectivity index (χ0) is 16.8. The van der Waals surface area contributed by atoms with Gasteiger partial charge in [-0.2, -0.15) is 0 Å². The average Bonchev–Trinajstić information content (AvgIpc) is 2.96. The van der Waals surface area contributed by atoms with E-state index in [9.17, 15) is 9.59 Å². The van der Waals surface area contributed by atoms with Crippen LogP contribution in [0, 0.1) is 0 Å². The summed E-state index contributed by atoms with van der Waals surface area (Å²) < 4.78 is 5.51. The van der Waals surface area contributed by atoms with Gasteiger partial charge in [0.25, 0.3) is 0 Å². The summed E-state index contributed by atoms with van der Waals surface area (Å²) >= 11 is 0. The molecule has 1 aromatic rings. The van der Waals surface area contributed by atoms with E-state index in [0.29, 0.717) is 18.0 Å². The molecule has 0 spiro atoms. The summed E-state index contributed by atoms with van der Waals surface area (Å²) in [5, 5.41) is 2.88. The Labute approximate surface area is 137 Å². The van der Waals surface area contributed by atoms with Gasteiger partial charge in [-0.15, -0.1) is 0 Å². The van der Waals surface area contributed by atoms with Crippen LogP contribution in [0.1, 0.15) is 19.8 Å². The number of carbonyl (C=O) groups is 2. The number of carbonyl (C=O) groups excluding carboxylic acids is 2. The van der Waals surface area contributed by atoms with Crippen LogP contribution in [0.5, 0.6) is 5.75 Å². The number of nitrogens with one attached hydrogen (secondary N) is 1. The number of likely N-dealkylation sites (tertiary alicyclic amines) is 1. The van der Waals surface area contributed by atoms with Crippen LogP contribution in [-0.4, -0.2) is 61.4 Å². The molecule has 6 heteroatoms. The van der Waals surface area contributed by atoms with Gasteiger partial charge < -0.3 is 15.0 Å². The molecule has 0 bridgehead atoms. The van der Waals surface area contributed by atoms with Gasteiger partial charge in [-0.1, -0.05) is 12.1 Å². The topological polar surface area (TPSA) is 61.9 Å². The Balaban J connectivity index is 1.98. The second-order valence-corrected chi connectivity index (χ2v) is 5.84. The summed E-state index contributed by atoms with van der Waals surface area (Å²) in [5.74, 6) is 0.589. The van der Waals surface area contributed by atoms with Gasteiger partial charge >= 0.3 is 0 Å². The minimum absolute atomic E-state index is 0.0602. The molecule has 1 fully saturated rings. The fourth-order valence-corrected chi connectivity index (χ4v) is 2.82. The van der Waals surface area contributed by atoms with Crippen LogP contribution in [0.15, 0.2) is 24.3 Å². The van der Waals surface area contributed by atoms with Crippen molar-refractivity contribution in [2.24, 2.45) is 0 Å². The number of benzene rings is 1. The number of hydrogen-bond donors (Lipinski definition) is 1. The highest BCUT2D eigenvalue weighted by molar-refractivity contribution is 5.94. The fraction of sp³-hybridized carbons (Fsp3) is 0.529. The molecule has 126 valence electrons. The Morgan fingerprint density at radius 3 is 2.78 bits per heavy atom. The van der Waals surface area contributed by atoms with Crippen molar-refractivity contribution in [1.82, 2.24) is 9.80 Å². The lowest BCUT2D eigenvalue weighted by Gasteiger charge is -2.25. The molecule has 1 aliphatic heterocycles. The first-order valence-corrected chi connectivity index (χ1v) is 7.99. The summed E-state index contributed by atoms with van der Waals surface area (Å²) in [4.78, 5) is 28.0. The molecule has 1 saturated heterocycles. The molecule has 0 aromatic heterocycles. The number of hydrogen-bond acceptors (Lipinski definition) is 4. The quantitative estimate of drug-likeness (QED) is 0.865. The SMILES string of the molecule is CCOc1ccccc1NC(=O)CN1CCCC1C(=O)N(C)C. The van der Waals surface area contributed by atoms with Crippen molar-refractivity contribution in [2.45, 2.75) is 25.8 Å². The number of rotatable bonds is 6. The second kappa shape index (κ2) is 7.97. The van der Waals surface area contributed by atoms with Crippen molar-refractivity contribution >= 4 is 17.5 Å². The number of nitrogens with zero attached hydrogens (tertiary/aromatic N) is 2. The van der Waals surface area contributed by atoms with E-state index in [-0.39, 0.29) is 24.4 Å². The maximum absolute atomic E-state index is 12.3. The van der Waals surface area contributed by atoms with Gasteiger partial charge in [-0.3, -0.25) is 14.5 Å². The third-order valence-corrected chi connectivity index (χ3v) is 3.90. The van der Waals surface area contributed by atoms with E-state index in [1.165, 1.54) is 0 Å². The number of likely N-dealkylation sites (N-methyl/N-ethyl adjacent to an activating group) is 1. The first kappa shape index (κ1) is 17.3. The van der Waals surface area contributed by atoms with E-state index in [2.05, 4.69) is 5.32 Å². The average molecular weight is 319 g/mol. The van der Waals surface area contributed by atoms with Crippen molar-refractivity contribution in [3.05, 3.63) is 24.3 Å². The lowest BCUT2D eigenvalue weighted by Crippen LogP contribution is -2.45. The predicted molar refractivity (Wildman–Crippen MR) is 89.5 cm³/mol. The normalized spacial score (nSPS) is 17.8. The van der Waals surface area contributed by atoms with Crippen molar-refractivity contribution in [2.75, 3.05) is 39.1 Å². The van der Waals surface area contributed by atoms with Crippen molar-refractivity contribution in [3.63, 3.8) is 0 Å². The molecule has 0 saturated carbocycles. The maximum Gasteiger partial charge on any atom is 0.239 e. The number of para-hydroxylation sites is 2. The molecule has 1 N–H and O–H groups in total. The van der Waals surface area contributed by atoms with E-state index in [4.69, 9.17) is 4.74 Å². The Kier molecular flexibility index (Phi) is 5.98. The van der Waals surface area contributed by atoms with Gasteiger partial charge in [0.15, 0.2) is 0 Å². The molecule has 0 aliphatic carbocycles. The molecule has 2 rings (SSSR count). The van der Waals surface area contributed by atoms with Gasteiger partial charge in [0.05, 0.1) is 24.9 Å². The smallest absolute Gasteiger partial charge is 0.239 e. The Morgan fingerprint density at radius 2 is 2.09 bits per heavy atom. The van der Waals surface area contributed by atoms with Gasteiger partial charge in [0.2, 0.25) is 11.8 Å². The molecule has 1 atom stereocenters. The van der Waals surface area contributed by atoms with Gasteiger partial charge in [-0.25, -0.2) is 0 Å². The maximum atomic E-state index is 12.3. The number of amides is 2. The van der Waals surface area contributed by atoms with E-state index in [1.54, 1.807) is 19.0 Å². The summed E-state index contributed by atoms with van der Waals surface area (Å²) in [6, 6.07) is 7.17. The first-order valence-electron chi connectivity index (χ1n) is 7.99. The molecular weight excluding hydrogens is 294 g/mol. The second-order valence-electron chi connectivity index (χ2n) is 5.84. The molecule has 1 aliphatic rings. The zero-order valence-corrected chi connectivity index (χ0v) is 14.0. The molecule has 1 unspecified atom stereocenters. The fourth-order valence-electron chi connectivity index (χ4n) is 2.82. The third kappa shape index (κ3) is 4.45. The van der Waals surface area contributed by atoms with E-state index < -0.39 is 0 Å². The highest BCUT2D eigenvalue weighted by atomic mass is 16.5. The Morgan fingerprint density at radius 1 is 1.35 bits per heavy atom. The zero-order valence-electron chi connectivity index (χ0n) is 14.0. The molecule has 23 heavy (non-hydrogen) atoms. The number of anilines is 1. The summed E-state index contributed by atoms with van der Waals surface area (Å²) in [7, 11) is 3.49. The molecular formula is C17H25N3O3. The summed E-state index contributed by atoms with van der Waals surface area (Å²) in [6.07, 6.45) is 1.74. The number of ether oxygens (including phenoxy) is 1. The monoisotopic (exact) mass is 319 g/mol. The van der Waals surface area contributed by atoms with Crippen LogP contribution >= 0.6 is 0 Å². The minimum atomic E-state index is -0.196. The van der Waals surface area contributed by atoms with Crippen molar-refractivity contribution < 1.29 is 14.3 Å².